The van der Waals surface area contributed by atoms with Gasteiger partial charge in [0.15, 0.2) is 0 Å². The number of nitrogens with zero attached hydrogens (tertiary/aromatic N) is 2. The number of hydrogen-bond donors (Lipinski definition) is 2. The number of hydrogen-bond acceptors (Lipinski definition) is 5. The van der Waals surface area contributed by atoms with Gasteiger partial charge in [0.2, 0.25) is 5.91 Å². The van der Waals surface area contributed by atoms with Gasteiger partial charge >= 0.3 is 6.09 Å². The van der Waals surface area contributed by atoms with Gasteiger partial charge in [-0.05, 0) is 18.2 Å². The zero-order valence-corrected chi connectivity index (χ0v) is 12.7. The Morgan fingerprint density at radius 1 is 1.43 bits per heavy atom. The van der Waals surface area contributed by atoms with Crippen molar-refractivity contribution in [2.75, 3.05) is 36.0 Å². The number of carbonyl (C=O) groups is 2. The second kappa shape index (κ2) is 6.04. The van der Waals surface area contributed by atoms with Crippen molar-refractivity contribution in [3.8, 4) is 0 Å². The van der Waals surface area contributed by atoms with Crippen LogP contribution in [0.25, 0.3) is 0 Å². The van der Waals surface area contributed by atoms with Crippen LogP contribution < -0.4 is 15.1 Å². The fraction of sp³-hybridized carbons (Fsp3) is 0.467. The number of nitrogens with one attached hydrogen (secondary N) is 1. The standard InChI is InChI=1S/C15H18FN3O4/c1-9(20)17-5-12-8-19(15(22)23-12)10-2-3-14(13(16)4-10)18-6-11(21)7-18/h2-4,11-12,21H,5-8H2,1H3,(H,17,20). The molecule has 1 unspecified atom stereocenters. The number of carbonyl (C=O) groups excluding carboxylic acids is 2. The first-order valence-electron chi connectivity index (χ1n) is 7.39. The molecule has 2 N–H and O–H groups in total. The van der Waals surface area contributed by atoms with Gasteiger partial charge in [0, 0.05) is 20.0 Å². The molecule has 2 heterocycles. The van der Waals surface area contributed by atoms with Gasteiger partial charge < -0.3 is 20.1 Å². The second-order valence-corrected chi connectivity index (χ2v) is 5.75. The predicted molar refractivity (Wildman–Crippen MR) is 80.9 cm³/mol. The highest BCUT2D eigenvalue weighted by Gasteiger charge is 2.33. The number of aliphatic hydroxyl groups is 1. The van der Waals surface area contributed by atoms with E-state index < -0.39 is 24.1 Å². The molecule has 1 aromatic rings. The first-order chi connectivity index (χ1) is 10.9. The van der Waals surface area contributed by atoms with Crippen molar-refractivity contribution in [2.24, 2.45) is 0 Å². The van der Waals surface area contributed by atoms with Crippen LogP contribution in [0.15, 0.2) is 18.2 Å². The van der Waals surface area contributed by atoms with Crippen LogP contribution in [0.4, 0.5) is 20.6 Å². The van der Waals surface area contributed by atoms with E-state index in [1.807, 2.05) is 0 Å². The van der Waals surface area contributed by atoms with E-state index in [1.165, 1.54) is 17.9 Å². The van der Waals surface area contributed by atoms with Gasteiger partial charge in [0.25, 0.3) is 0 Å². The number of anilines is 2. The smallest absolute Gasteiger partial charge is 0.414 e. The van der Waals surface area contributed by atoms with E-state index in [0.29, 0.717) is 24.5 Å². The zero-order valence-electron chi connectivity index (χ0n) is 12.7. The third kappa shape index (κ3) is 3.21. The number of rotatable bonds is 4. The number of ether oxygens (including phenoxy) is 1. The van der Waals surface area contributed by atoms with Gasteiger partial charge in [0.05, 0.1) is 30.6 Å². The van der Waals surface area contributed by atoms with Gasteiger partial charge in [-0.1, -0.05) is 0 Å². The van der Waals surface area contributed by atoms with Crippen LogP contribution in [0.5, 0.6) is 0 Å². The van der Waals surface area contributed by atoms with E-state index >= 15 is 0 Å². The van der Waals surface area contributed by atoms with Gasteiger partial charge in [-0.25, -0.2) is 9.18 Å². The molecule has 2 fully saturated rings. The first kappa shape index (κ1) is 15.5. The van der Waals surface area contributed by atoms with Crippen LogP contribution in [-0.4, -0.2) is 55.5 Å². The van der Waals surface area contributed by atoms with E-state index in [2.05, 4.69) is 5.32 Å². The fourth-order valence-corrected chi connectivity index (χ4v) is 2.67. The zero-order chi connectivity index (χ0) is 16.6. The Bertz CT molecular complexity index is 633. The fourth-order valence-electron chi connectivity index (χ4n) is 2.67. The molecule has 1 aromatic carbocycles. The Hall–Kier alpha value is -2.35. The molecule has 124 valence electrons. The normalized spacial score (nSPS) is 21.2. The Balaban J connectivity index is 1.68. The average Bonchev–Trinajstić information content (AvgIpc) is 2.83. The van der Waals surface area contributed by atoms with E-state index in [4.69, 9.17) is 4.74 Å². The van der Waals surface area contributed by atoms with E-state index in [9.17, 15) is 19.1 Å². The molecule has 0 bridgehead atoms. The summed E-state index contributed by atoms with van der Waals surface area (Å²) in [4.78, 5) is 25.9. The summed E-state index contributed by atoms with van der Waals surface area (Å²) in [6.45, 7) is 2.67. The third-order valence-corrected chi connectivity index (χ3v) is 3.90. The summed E-state index contributed by atoms with van der Waals surface area (Å²) in [6, 6.07) is 4.51. The molecule has 7 nitrogen and oxygen atoms in total. The summed E-state index contributed by atoms with van der Waals surface area (Å²) in [5.41, 5.74) is 0.809. The molecule has 0 spiro atoms. The van der Waals surface area contributed by atoms with Gasteiger partial charge in [-0.2, -0.15) is 0 Å². The molecular formula is C15H18FN3O4. The van der Waals surface area contributed by atoms with Crippen LogP contribution in [0, 0.1) is 5.82 Å². The largest absolute Gasteiger partial charge is 0.442 e. The molecule has 2 saturated heterocycles. The molecule has 0 saturated carbocycles. The highest BCUT2D eigenvalue weighted by Crippen LogP contribution is 2.29. The number of halogens is 1. The van der Waals surface area contributed by atoms with Crippen LogP contribution >= 0.6 is 0 Å². The third-order valence-electron chi connectivity index (χ3n) is 3.90. The lowest BCUT2D eigenvalue weighted by Gasteiger charge is -2.38. The number of β-amino-alcohol motifs (C(OH)–C–C–N with tert-alkyl or cyclic N) is 1. The molecule has 0 radical (unpaired) electrons. The van der Waals surface area contributed by atoms with Crippen molar-refractivity contribution in [1.29, 1.82) is 0 Å². The average molecular weight is 323 g/mol. The lowest BCUT2D eigenvalue weighted by molar-refractivity contribution is -0.119. The number of cyclic esters (lactones) is 1. The predicted octanol–water partition coefficient (Wildman–Crippen LogP) is 0.468. The number of aliphatic hydroxyl groups excluding tert-OH is 1. The number of amides is 2. The molecule has 8 heteroatoms. The lowest BCUT2D eigenvalue weighted by atomic mass is 10.1. The van der Waals surface area contributed by atoms with Crippen molar-refractivity contribution in [3.63, 3.8) is 0 Å². The van der Waals surface area contributed by atoms with Crippen LogP contribution in [0.1, 0.15) is 6.92 Å². The van der Waals surface area contributed by atoms with Crippen LogP contribution in [-0.2, 0) is 9.53 Å². The molecule has 3 rings (SSSR count). The maximum atomic E-state index is 14.2. The van der Waals surface area contributed by atoms with Crippen molar-refractivity contribution >= 4 is 23.4 Å². The first-order valence-corrected chi connectivity index (χ1v) is 7.39. The van der Waals surface area contributed by atoms with E-state index in [-0.39, 0.29) is 19.0 Å². The highest BCUT2D eigenvalue weighted by molar-refractivity contribution is 5.90. The maximum Gasteiger partial charge on any atom is 0.414 e. The van der Waals surface area contributed by atoms with Crippen LogP contribution in [0.3, 0.4) is 0 Å². The van der Waals surface area contributed by atoms with E-state index in [1.54, 1.807) is 17.0 Å². The molecule has 0 aliphatic carbocycles. The molecule has 23 heavy (non-hydrogen) atoms. The summed E-state index contributed by atoms with van der Waals surface area (Å²) in [7, 11) is 0. The van der Waals surface area contributed by atoms with Crippen LogP contribution in [0.2, 0.25) is 0 Å². The Kier molecular flexibility index (Phi) is 4.08. The summed E-state index contributed by atoms with van der Waals surface area (Å²) >= 11 is 0. The van der Waals surface area contributed by atoms with Gasteiger partial charge in [0.1, 0.15) is 11.9 Å². The van der Waals surface area contributed by atoms with E-state index in [0.717, 1.165) is 0 Å². The quantitative estimate of drug-likeness (QED) is 0.842. The molecule has 2 aliphatic rings. The topological polar surface area (TPSA) is 82.1 Å². The minimum atomic E-state index is -0.563. The van der Waals surface area contributed by atoms with Crippen molar-refractivity contribution in [2.45, 2.75) is 19.1 Å². The van der Waals surface area contributed by atoms with Gasteiger partial charge in [-0.3, -0.25) is 9.69 Å². The Morgan fingerprint density at radius 3 is 2.78 bits per heavy atom. The lowest BCUT2D eigenvalue weighted by Crippen LogP contribution is -2.51. The summed E-state index contributed by atoms with van der Waals surface area (Å²) in [5.74, 6) is -0.654. The maximum absolute atomic E-state index is 14.2. The summed E-state index contributed by atoms with van der Waals surface area (Å²) in [5, 5.41) is 11.9. The second-order valence-electron chi connectivity index (χ2n) is 5.75. The Morgan fingerprint density at radius 2 is 2.17 bits per heavy atom. The minimum absolute atomic E-state index is 0.202. The minimum Gasteiger partial charge on any atom is -0.442 e. The highest BCUT2D eigenvalue weighted by atomic mass is 19.1. The monoisotopic (exact) mass is 323 g/mol. The molecular weight excluding hydrogens is 305 g/mol. The summed E-state index contributed by atoms with van der Waals surface area (Å²) < 4.78 is 19.4. The summed E-state index contributed by atoms with van der Waals surface area (Å²) in [6.07, 6.45) is -1.44. The molecule has 0 aromatic heterocycles. The van der Waals surface area contributed by atoms with Crippen molar-refractivity contribution in [1.82, 2.24) is 5.32 Å². The SMILES string of the molecule is CC(=O)NCC1CN(c2ccc(N3CC(O)C3)c(F)c2)C(=O)O1. The molecule has 1 atom stereocenters. The number of benzene rings is 1. The van der Waals surface area contributed by atoms with Crippen molar-refractivity contribution < 1.29 is 23.8 Å². The Labute approximate surface area is 132 Å². The van der Waals surface area contributed by atoms with Gasteiger partial charge in [-0.15, -0.1) is 0 Å². The van der Waals surface area contributed by atoms with Crippen molar-refractivity contribution in [3.05, 3.63) is 24.0 Å². The molecule has 2 amide bonds. The molecule has 2 aliphatic heterocycles.